The van der Waals surface area contributed by atoms with Crippen LogP contribution in [0.3, 0.4) is 0 Å². The molecule has 3 heterocycles. The molecule has 0 aromatic heterocycles. The molecule has 2 spiro atoms. The summed E-state index contributed by atoms with van der Waals surface area (Å²) in [7, 11) is 0. The zero-order valence-electron chi connectivity index (χ0n) is 37.2. The van der Waals surface area contributed by atoms with Crippen LogP contribution in [0.5, 0.6) is 0 Å². The van der Waals surface area contributed by atoms with Crippen molar-refractivity contribution in [1.82, 2.24) is 4.83 Å². The van der Waals surface area contributed by atoms with Gasteiger partial charge in [0, 0.05) is 41.9 Å². The van der Waals surface area contributed by atoms with Crippen molar-refractivity contribution in [3.63, 3.8) is 0 Å². The van der Waals surface area contributed by atoms with Gasteiger partial charge in [0.15, 0.2) is 81.4 Å². The number of benzene rings is 7. The molecule has 0 unspecified atom stereocenters. The van der Waals surface area contributed by atoms with Gasteiger partial charge in [-0.2, -0.15) is 10.9 Å². The molecule has 0 atom stereocenters. The molecule has 7 aromatic rings. The molecule has 0 N–H and O–H groups in total. The number of diazo groups is 1. The van der Waals surface area contributed by atoms with Crippen LogP contribution in [-0.4, -0.2) is 22.7 Å². The molecule has 0 bridgehead atoms. The fourth-order valence-electron chi connectivity index (χ4n) is 11.1. The van der Waals surface area contributed by atoms with Crippen molar-refractivity contribution < 1.29 is 87.8 Å². The summed E-state index contributed by atoms with van der Waals surface area (Å²) in [4.78, 5) is -1.19. The second-order valence-electron chi connectivity index (χ2n) is 16.9. The molecular weight excluding hydrogens is 1120 g/mol. The first-order valence-electron chi connectivity index (χ1n) is 21.4. The van der Waals surface area contributed by atoms with E-state index in [1.807, 2.05) is 0 Å². The molecule has 0 saturated carbocycles. The Morgan fingerprint density at radius 1 is 0.390 bits per heavy atom. The first-order chi connectivity index (χ1) is 36.5. The lowest BCUT2D eigenvalue weighted by molar-refractivity contribution is 0.409. The Morgan fingerprint density at radius 2 is 0.649 bits per heavy atom. The number of hydrogen-bond acceptors (Lipinski definition) is 2. The summed E-state index contributed by atoms with van der Waals surface area (Å²) < 4.78 is 311. The largest absolute Gasteiger partial charge is 0.339 e. The van der Waals surface area contributed by atoms with E-state index in [0.29, 0.717) is 0 Å². The maximum Gasteiger partial charge on any atom is 0.246 e. The number of nitrogens with zero attached hydrogens (tertiary/aromatic N) is 3. The van der Waals surface area contributed by atoms with E-state index >= 15 is 70.2 Å². The Kier molecular flexibility index (Phi) is 13.5. The Morgan fingerprint density at radius 3 is 0.896 bits per heavy atom. The van der Waals surface area contributed by atoms with E-state index in [-0.39, 0.29) is 5.34 Å². The minimum absolute atomic E-state index is 0.194. The van der Waals surface area contributed by atoms with Crippen LogP contribution in [0.4, 0.5) is 87.8 Å². The Hall–Kier alpha value is -7.84. The van der Waals surface area contributed by atoms with Gasteiger partial charge in [0.2, 0.25) is 23.0 Å². The van der Waals surface area contributed by atoms with E-state index in [1.54, 1.807) is 0 Å². The highest BCUT2D eigenvalue weighted by Gasteiger charge is 2.69. The number of allylic oxidation sites excluding steroid dienone is 5. The van der Waals surface area contributed by atoms with Crippen LogP contribution in [0.15, 0.2) is 90.5 Å². The first-order valence-corrected chi connectivity index (χ1v) is 22.5. The topological polar surface area (TPSA) is 31.4 Å². The molecule has 4 aliphatic rings. The Labute approximate surface area is 428 Å². The van der Waals surface area contributed by atoms with Crippen molar-refractivity contribution in [3.05, 3.63) is 230 Å². The van der Waals surface area contributed by atoms with Crippen molar-refractivity contribution >= 4 is 74.1 Å². The third-order valence-corrected chi connectivity index (χ3v) is 13.6. The minimum Gasteiger partial charge on any atom is -0.339 e. The maximum absolute atomic E-state index is 16.5. The molecule has 0 saturated heterocycles. The molecule has 3 nitrogen and oxygen atoms in total. The average Bonchev–Trinajstić information content (AvgIpc) is 2.39. The van der Waals surface area contributed by atoms with Gasteiger partial charge in [-0.3, -0.25) is 0 Å². The second-order valence-corrected chi connectivity index (χ2v) is 17.8. The van der Waals surface area contributed by atoms with Crippen molar-refractivity contribution in [2.24, 2.45) is 0 Å². The number of alkyl halides is 2. The third kappa shape index (κ3) is 7.02. The highest BCUT2D eigenvalue weighted by atomic mass is 35.5. The standard InChI is InChI=1S/C30B2F20N3.C19H15.CH2Cl2/c33-11-1-2-6(16(38)26(48)22(44)12(2)34)31(5(1)15(37)25(47)21(11)43)9-10(20(42)30(52)29(51)19(9)41)32(55(31)54-53)7-3(13(35)23(45)27(49)17(7)39)4-8(32)18(40)28(50)24(46)14(4)36;1-4-10-16(11-5-1)19(17-12-6-2-7-13-17)18-14-8-3-9-15-18;2-1-3/h;1-15H;1H2/q-1;+1;. The molecule has 27 heteroatoms. The van der Waals surface area contributed by atoms with Crippen LogP contribution < -0.4 is 32.8 Å². The van der Waals surface area contributed by atoms with E-state index in [9.17, 15) is 23.0 Å². The van der Waals surface area contributed by atoms with Gasteiger partial charge in [0.1, 0.15) is 40.5 Å². The summed E-state index contributed by atoms with van der Waals surface area (Å²) in [5.41, 5.74) is -20.3. The SMILES string of the molecule is C1=C[CH+]C(=C(c2ccccc2)c2ccccc2)C=C1.ClCCl.N#[N+]N1[B-]2(c3c(F)c(F)c(F)c(F)c3-c3c(F)c(F)c(F)c(F)c32)c2c(F)c(F)c(F)c(F)c2[B-]12c1c(F)c(F)c(F)c(F)c1-c1c(F)c(F)c(F)c(F)c12. The van der Waals surface area contributed by atoms with E-state index in [0.717, 1.165) is 0 Å². The van der Waals surface area contributed by atoms with Gasteiger partial charge < -0.3 is 4.83 Å². The smallest absolute Gasteiger partial charge is 0.246 e. The number of fused-ring (bicyclic) bond motifs is 13. The summed E-state index contributed by atoms with van der Waals surface area (Å²) >= 11 is 9.53. The number of halogens is 22. The number of hydrogen-bond donors (Lipinski definition) is 0. The summed E-state index contributed by atoms with van der Waals surface area (Å²) in [6.07, 6.45) is -1.66. The van der Waals surface area contributed by atoms with Gasteiger partial charge in [-0.15, -0.1) is 45.1 Å². The van der Waals surface area contributed by atoms with Gasteiger partial charge in [-0.1, -0.05) is 36.4 Å². The van der Waals surface area contributed by atoms with E-state index in [2.05, 4.69) is 96.5 Å². The van der Waals surface area contributed by atoms with Crippen molar-refractivity contribution in [1.29, 1.82) is 5.39 Å². The quantitative estimate of drug-likeness (QED) is 0.0329. The molecule has 3 aliphatic heterocycles. The summed E-state index contributed by atoms with van der Waals surface area (Å²) in [6, 6.07) is 21.1. The fraction of sp³-hybridized carbons (Fsp3) is 0.0200. The van der Waals surface area contributed by atoms with Gasteiger partial charge in [-0.25, -0.2) is 87.8 Å². The van der Waals surface area contributed by atoms with Crippen molar-refractivity contribution in [2.75, 3.05) is 5.34 Å². The lowest BCUT2D eigenvalue weighted by atomic mass is 9.22. The highest BCUT2D eigenvalue weighted by Crippen LogP contribution is 2.48. The lowest BCUT2D eigenvalue weighted by Gasteiger charge is -2.46. The van der Waals surface area contributed by atoms with E-state index in [1.165, 1.54) is 22.3 Å². The predicted molar refractivity (Wildman–Crippen MR) is 244 cm³/mol. The minimum atomic E-state index is -6.11. The average molecular weight is 1130 g/mol. The zero-order chi connectivity index (χ0) is 56.2. The van der Waals surface area contributed by atoms with Crippen LogP contribution in [0.2, 0.25) is 0 Å². The van der Waals surface area contributed by atoms with Crippen LogP contribution in [-0.2, 0) is 0 Å². The molecule has 77 heavy (non-hydrogen) atoms. The van der Waals surface area contributed by atoms with Crippen molar-refractivity contribution in [3.8, 4) is 22.3 Å². The van der Waals surface area contributed by atoms with Gasteiger partial charge in [-0.05, 0) is 46.5 Å². The van der Waals surface area contributed by atoms with E-state index < -0.39 is 189 Å². The molecule has 0 fully saturated rings. The summed E-state index contributed by atoms with van der Waals surface area (Å²) in [5, 5.41) is 13.0. The van der Waals surface area contributed by atoms with Crippen LogP contribution in [0.25, 0.3) is 32.9 Å². The second kappa shape index (κ2) is 19.3. The van der Waals surface area contributed by atoms with Crippen molar-refractivity contribution in [2.45, 2.75) is 0 Å². The molecule has 392 valence electrons. The zero-order valence-corrected chi connectivity index (χ0v) is 38.7. The summed E-state index contributed by atoms with van der Waals surface area (Å²) in [5.74, 6) is -62.5. The van der Waals surface area contributed by atoms with Crippen LogP contribution in [0, 0.1) is 128 Å². The third-order valence-electron chi connectivity index (χ3n) is 13.6. The maximum atomic E-state index is 16.5. The molecule has 1 aliphatic carbocycles. The van der Waals surface area contributed by atoms with Gasteiger partial charge >= 0.3 is 0 Å². The highest BCUT2D eigenvalue weighted by molar-refractivity contribution is 7.31. The fourth-order valence-corrected chi connectivity index (χ4v) is 11.1. The number of rotatable bonds is 2. The van der Waals surface area contributed by atoms with Crippen LogP contribution in [0.1, 0.15) is 11.1 Å². The molecule has 0 amide bonds. The van der Waals surface area contributed by atoms with Crippen LogP contribution >= 0.6 is 23.2 Å². The molecule has 11 rings (SSSR count). The Balaban J connectivity index is 0.000000273. The van der Waals surface area contributed by atoms with Gasteiger partial charge in [0.25, 0.3) is 0 Å². The van der Waals surface area contributed by atoms with E-state index in [4.69, 9.17) is 23.2 Å². The molecular formula is C50H17B2Cl2F20N3. The normalized spacial score (nSPS) is 14.3. The predicted octanol–water partition coefficient (Wildman–Crippen LogP) is 11.7. The molecule has 7 aromatic carbocycles. The first kappa shape index (κ1) is 54.0. The van der Waals surface area contributed by atoms with Gasteiger partial charge in [0.05, 0.1) is 10.9 Å². The molecule has 0 radical (unpaired) electrons. The monoisotopic (exact) mass is 1130 g/mol. The Bertz CT molecular complexity index is 3530. The lowest BCUT2D eigenvalue weighted by Crippen LogP contribution is -2.80. The summed E-state index contributed by atoms with van der Waals surface area (Å²) in [6.45, 7) is 0.